The summed E-state index contributed by atoms with van der Waals surface area (Å²) in [5.41, 5.74) is 4.15. The fourth-order valence-corrected chi connectivity index (χ4v) is 2.75. The lowest BCUT2D eigenvalue weighted by atomic mass is 10.1. The summed E-state index contributed by atoms with van der Waals surface area (Å²) in [7, 11) is 0. The summed E-state index contributed by atoms with van der Waals surface area (Å²) in [6.45, 7) is 5.13. The highest BCUT2D eigenvalue weighted by molar-refractivity contribution is 5.66. The van der Waals surface area contributed by atoms with E-state index >= 15 is 0 Å². The molecule has 0 radical (unpaired) electrons. The van der Waals surface area contributed by atoms with E-state index in [1.807, 2.05) is 28.8 Å². The predicted molar refractivity (Wildman–Crippen MR) is 89.0 cm³/mol. The third-order valence-corrected chi connectivity index (χ3v) is 3.94. The van der Waals surface area contributed by atoms with Crippen molar-refractivity contribution in [3.63, 3.8) is 0 Å². The fourth-order valence-electron chi connectivity index (χ4n) is 2.75. The molecule has 5 nitrogen and oxygen atoms in total. The Kier molecular flexibility index (Phi) is 3.63. The topological polar surface area (TPSA) is 47.8 Å². The number of aromatic nitrogens is 2. The number of ether oxygens (including phenoxy) is 2. The van der Waals surface area contributed by atoms with E-state index in [4.69, 9.17) is 14.5 Å². The number of benzene rings is 1. The standard InChI is InChI=1S/C18H19N3O2/c1-2-19-11-13-5-6-21-12-15(20-18(21)9-13)14-3-4-16-17(10-14)23-8-7-22-16/h3-6,9-10,12,19H,2,7-8,11H2,1H3. The van der Waals surface area contributed by atoms with Gasteiger partial charge >= 0.3 is 0 Å². The van der Waals surface area contributed by atoms with Crippen LogP contribution in [0, 0.1) is 0 Å². The Labute approximate surface area is 134 Å². The van der Waals surface area contributed by atoms with E-state index in [9.17, 15) is 0 Å². The maximum atomic E-state index is 5.66. The third kappa shape index (κ3) is 2.75. The molecular formula is C18H19N3O2. The van der Waals surface area contributed by atoms with E-state index in [0.29, 0.717) is 13.2 Å². The van der Waals surface area contributed by atoms with Crippen molar-refractivity contribution in [3.8, 4) is 22.8 Å². The van der Waals surface area contributed by atoms with Crippen LogP contribution < -0.4 is 14.8 Å². The number of fused-ring (bicyclic) bond motifs is 2. The molecule has 1 aromatic carbocycles. The minimum absolute atomic E-state index is 0.593. The van der Waals surface area contributed by atoms with E-state index in [-0.39, 0.29) is 0 Å². The Hall–Kier alpha value is -2.53. The van der Waals surface area contributed by atoms with Gasteiger partial charge in [-0.2, -0.15) is 0 Å². The van der Waals surface area contributed by atoms with Crippen molar-refractivity contribution in [1.82, 2.24) is 14.7 Å². The summed E-state index contributed by atoms with van der Waals surface area (Å²) >= 11 is 0. The molecule has 4 rings (SSSR count). The number of hydrogen-bond acceptors (Lipinski definition) is 4. The smallest absolute Gasteiger partial charge is 0.162 e. The molecule has 0 amide bonds. The van der Waals surface area contributed by atoms with Gasteiger partial charge in [0.1, 0.15) is 18.9 Å². The highest BCUT2D eigenvalue weighted by Crippen LogP contribution is 2.34. The summed E-state index contributed by atoms with van der Waals surface area (Å²) in [4.78, 5) is 4.74. The lowest BCUT2D eigenvalue weighted by Crippen LogP contribution is -2.15. The van der Waals surface area contributed by atoms with Crippen molar-refractivity contribution in [2.75, 3.05) is 19.8 Å². The summed E-state index contributed by atoms with van der Waals surface area (Å²) in [6, 6.07) is 10.2. The van der Waals surface area contributed by atoms with E-state index in [0.717, 1.165) is 41.5 Å². The first-order valence-electron chi connectivity index (χ1n) is 7.92. The van der Waals surface area contributed by atoms with Crippen LogP contribution >= 0.6 is 0 Å². The molecule has 0 saturated carbocycles. The number of hydrogen-bond donors (Lipinski definition) is 1. The van der Waals surface area contributed by atoms with Gasteiger partial charge in [-0.15, -0.1) is 0 Å². The minimum atomic E-state index is 0.593. The van der Waals surface area contributed by atoms with Crippen LogP contribution in [0.1, 0.15) is 12.5 Å². The molecule has 0 saturated heterocycles. The Bertz CT molecular complexity index is 841. The Morgan fingerprint density at radius 1 is 1.13 bits per heavy atom. The first-order chi connectivity index (χ1) is 11.3. The first-order valence-corrected chi connectivity index (χ1v) is 7.92. The van der Waals surface area contributed by atoms with Gasteiger partial charge in [-0.05, 0) is 42.4 Å². The van der Waals surface area contributed by atoms with Crippen molar-refractivity contribution in [2.45, 2.75) is 13.5 Å². The van der Waals surface area contributed by atoms with Crippen molar-refractivity contribution >= 4 is 5.65 Å². The molecule has 1 N–H and O–H groups in total. The number of imidazole rings is 1. The molecule has 2 aromatic heterocycles. The van der Waals surface area contributed by atoms with E-state index in [1.165, 1.54) is 5.56 Å². The Morgan fingerprint density at radius 2 is 2.00 bits per heavy atom. The van der Waals surface area contributed by atoms with Crippen molar-refractivity contribution in [3.05, 3.63) is 48.3 Å². The molecule has 23 heavy (non-hydrogen) atoms. The molecule has 0 spiro atoms. The maximum absolute atomic E-state index is 5.66. The second-order valence-corrected chi connectivity index (χ2v) is 5.57. The molecule has 0 bridgehead atoms. The summed E-state index contributed by atoms with van der Waals surface area (Å²) in [6.07, 6.45) is 4.09. The SMILES string of the molecule is CCNCc1ccn2cc(-c3ccc4c(c3)OCCO4)nc2c1. The molecule has 0 atom stereocenters. The van der Waals surface area contributed by atoms with Crippen molar-refractivity contribution in [1.29, 1.82) is 0 Å². The normalized spacial score (nSPS) is 13.4. The molecule has 0 aliphatic carbocycles. The number of rotatable bonds is 4. The number of pyridine rings is 1. The molecule has 1 aliphatic rings. The third-order valence-electron chi connectivity index (χ3n) is 3.94. The van der Waals surface area contributed by atoms with Gasteiger partial charge in [0, 0.05) is 24.5 Å². The van der Waals surface area contributed by atoms with Crippen LogP contribution in [0.5, 0.6) is 11.5 Å². The minimum Gasteiger partial charge on any atom is -0.486 e. The molecule has 0 fully saturated rings. The largest absolute Gasteiger partial charge is 0.486 e. The summed E-state index contributed by atoms with van der Waals surface area (Å²) in [5.74, 6) is 1.59. The molecule has 0 unspecified atom stereocenters. The van der Waals surface area contributed by atoms with Gasteiger partial charge in [0.25, 0.3) is 0 Å². The average molecular weight is 309 g/mol. The quantitative estimate of drug-likeness (QED) is 0.805. The van der Waals surface area contributed by atoms with Crippen molar-refractivity contribution in [2.24, 2.45) is 0 Å². The highest BCUT2D eigenvalue weighted by atomic mass is 16.6. The van der Waals surface area contributed by atoms with Crippen LogP contribution in [0.2, 0.25) is 0 Å². The zero-order chi connectivity index (χ0) is 15.6. The summed E-state index contributed by atoms with van der Waals surface area (Å²) in [5, 5.41) is 3.33. The second-order valence-electron chi connectivity index (χ2n) is 5.57. The predicted octanol–water partition coefficient (Wildman–Crippen LogP) is 2.88. The fraction of sp³-hybridized carbons (Fsp3) is 0.278. The zero-order valence-electron chi connectivity index (χ0n) is 13.1. The van der Waals surface area contributed by atoms with Crippen LogP contribution in [0.3, 0.4) is 0 Å². The molecule has 118 valence electrons. The average Bonchev–Trinajstić information content (AvgIpc) is 3.03. The van der Waals surface area contributed by atoms with Gasteiger partial charge in [-0.1, -0.05) is 6.92 Å². The molecule has 1 aliphatic heterocycles. The lowest BCUT2D eigenvalue weighted by molar-refractivity contribution is 0.171. The monoisotopic (exact) mass is 309 g/mol. The van der Waals surface area contributed by atoms with Crippen LogP contribution in [0.25, 0.3) is 16.9 Å². The Morgan fingerprint density at radius 3 is 2.87 bits per heavy atom. The van der Waals surface area contributed by atoms with Crippen LogP contribution in [-0.2, 0) is 6.54 Å². The van der Waals surface area contributed by atoms with E-state index in [1.54, 1.807) is 0 Å². The van der Waals surface area contributed by atoms with E-state index in [2.05, 4.69) is 30.6 Å². The van der Waals surface area contributed by atoms with Gasteiger partial charge < -0.3 is 19.2 Å². The molecule has 3 aromatic rings. The molecular weight excluding hydrogens is 290 g/mol. The van der Waals surface area contributed by atoms with E-state index < -0.39 is 0 Å². The maximum Gasteiger partial charge on any atom is 0.162 e. The molecule has 3 heterocycles. The van der Waals surface area contributed by atoms with Crippen LogP contribution in [-0.4, -0.2) is 29.1 Å². The van der Waals surface area contributed by atoms with Crippen LogP contribution in [0.4, 0.5) is 0 Å². The summed E-state index contributed by atoms with van der Waals surface area (Å²) < 4.78 is 13.3. The lowest BCUT2D eigenvalue weighted by Gasteiger charge is -2.18. The van der Waals surface area contributed by atoms with Gasteiger partial charge in [0.15, 0.2) is 11.5 Å². The number of nitrogens with zero attached hydrogens (tertiary/aromatic N) is 2. The van der Waals surface area contributed by atoms with Gasteiger partial charge in [0.05, 0.1) is 5.69 Å². The van der Waals surface area contributed by atoms with Gasteiger partial charge in [-0.3, -0.25) is 0 Å². The van der Waals surface area contributed by atoms with Crippen molar-refractivity contribution < 1.29 is 9.47 Å². The number of nitrogens with one attached hydrogen (secondary N) is 1. The Balaban J connectivity index is 1.68. The van der Waals surface area contributed by atoms with Gasteiger partial charge in [-0.25, -0.2) is 4.98 Å². The van der Waals surface area contributed by atoms with Gasteiger partial charge in [0.2, 0.25) is 0 Å². The van der Waals surface area contributed by atoms with Crippen LogP contribution in [0.15, 0.2) is 42.7 Å². The molecule has 5 heteroatoms. The zero-order valence-corrected chi connectivity index (χ0v) is 13.1. The highest BCUT2D eigenvalue weighted by Gasteiger charge is 2.13. The first kappa shape index (κ1) is 14.1. The second kappa shape index (κ2) is 5.93.